The van der Waals surface area contributed by atoms with E-state index >= 15 is 0 Å². The number of rotatable bonds is 8. The van der Waals surface area contributed by atoms with Gasteiger partial charge in [-0.1, -0.05) is 0 Å². The Hall–Kier alpha value is -0.670. The second-order valence-electron chi connectivity index (χ2n) is 3.69. The van der Waals surface area contributed by atoms with E-state index in [1.807, 2.05) is 0 Å². The number of anilines is 1. The third kappa shape index (κ3) is 5.45. The van der Waals surface area contributed by atoms with E-state index in [1.165, 1.54) is 12.1 Å². The number of hydrogen-bond acceptors (Lipinski definition) is 5. The molecule has 0 saturated carbocycles. The van der Waals surface area contributed by atoms with Gasteiger partial charge in [0.15, 0.2) is 0 Å². The normalized spacial score (nSPS) is 11.7. The van der Waals surface area contributed by atoms with E-state index in [1.54, 1.807) is 13.2 Å². The monoisotopic (exact) mass is 352 g/mol. The van der Waals surface area contributed by atoms with E-state index in [9.17, 15) is 8.42 Å². The lowest BCUT2D eigenvalue weighted by Crippen LogP contribution is -2.27. The average molecular weight is 353 g/mol. The molecule has 0 spiro atoms. The minimum absolute atomic E-state index is 0.130. The lowest BCUT2D eigenvalue weighted by atomic mass is 10.3. The molecular weight excluding hydrogens is 336 g/mol. The second-order valence-corrected chi connectivity index (χ2v) is 6.31. The van der Waals surface area contributed by atoms with Gasteiger partial charge < -0.3 is 15.2 Å². The van der Waals surface area contributed by atoms with E-state index in [0.29, 0.717) is 23.4 Å². The number of nitrogen functional groups attached to an aromatic ring is 1. The minimum Gasteiger partial charge on any atom is -0.398 e. The van der Waals surface area contributed by atoms with Crippen LogP contribution in [0.5, 0.6) is 0 Å². The first-order chi connectivity index (χ1) is 8.97. The molecule has 0 atom stereocenters. The summed E-state index contributed by atoms with van der Waals surface area (Å²) in [6.07, 6.45) is 0. The minimum atomic E-state index is -3.55. The smallest absolute Gasteiger partial charge is 0.240 e. The number of sulfonamides is 1. The van der Waals surface area contributed by atoms with Crippen LogP contribution in [0, 0.1) is 0 Å². The van der Waals surface area contributed by atoms with Crippen LogP contribution in [0.4, 0.5) is 5.69 Å². The first-order valence-corrected chi connectivity index (χ1v) is 7.86. The molecule has 3 N–H and O–H groups in total. The molecule has 108 valence electrons. The molecule has 0 fully saturated rings. The van der Waals surface area contributed by atoms with E-state index in [-0.39, 0.29) is 18.0 Å². The summed E-state index contributed by atoms with van der Waals surface area (Å²) in [4.78, 5) is 0.130. The molecule has 0 aromatic heterocycles. The third-order valence-corrected chi connectivity index (χ3v) is 4.43. The quantitative estimate of drug-likeness (QED) is 0.537. The molecular formula is C11H17BrN2O4S. The highest BCUT2D eigenvalue weighted by molar-refractivity contribution is 9.10. The van der Waals surface area contributed by atoms with Crippen molar-refractivity contribution in [3.8, 4) is 0 Å². The highest BCUT2D eigenvalue weighted by Crippen LogP contribution is 2.22. The number of halogens is 1. The molecule has 0 amide bonds. The molecule has 1 aromatic rings. The third-order valence-electron chi connectivity index (χ3n) is 2.25. The van der Waals surface area contributed by atoms with Crippen molar-refractivity contribution in [3.63, 3.8) is 0 Å². The summed E-state index contributed by atoms with van der Waals surface area (Å²) in [6, 6.07) is 4.48. The van der Waals surface area contributed by atoms with Crippen molar-refractivity contribution in [2.24, 2.45) is 0 Å². The van der Waals surface area contributed by atoms with Crippen molar-refractivity contribution in [1.29, 1.82) is 0 Å². The maximum Gasteiger partial charge on any atom is 0.240 e. The lowest BCUT2D eigenvalue weighted by molar-refractivity contribution is 0.0736. The summed E-state index contributed by atoms with van der Waals surface area (Å²) >= 11 is 3.21. The van der Waals surface area contributed by atoms with Crippen LogP contribution in [0.3, 0.4) is 0 Å². The van der Waals surface area contributed by atoms with Crippen LogP contribution < -0.4 is 10.5 Å². The molecule has 19 heavy (non-hydrogen) atoms. The summed E-state index contributed by atoms with van der Waals surface area (Å²) in [5.41, 5.74) is 6.02. The molecule has 0 heterocycles. The Morgan fingerprint density at radius 3 is 2.68 bits per heavy atom. The Labute approximate surface area is 121 Å². The predicted molar refractivity (Wildman–Crippen MR) is 76.4 cm³/mol. The predicted octanol–water partition coefficient (Wildman–Crippen LogP) is 0.973. The van der Waals surface area contributed by atoms with Crippen LogP contribution in [-0.2, 0) is 19.5 Å². The van der Waals surface area contributed by atoms with Crippen LogP contribution >= 0.6 is 15.9 Å². The zero-order valence-electron chi connectivity index (χ0n) is 10.6. The fraction of sp³-hybridized carbons (Fsp3) is 0.455. The fourth-order valence-electron chi connectivity index (χ4n) is 1.26. The molecule has 0 aliphatic carbocycles. The van der Waals surface area contributed by atoms with Crippen LogP contribution in [-0.4, -0.2) is 41.9 Å². The Balaban J connectivity index is 2.49. The van der Waals surface area contributed by atoms with Crippen LogP contribution in [0.25, 0.3) is 0 Å². The van der Waals surface area contributed by atoms with Gasteiger partial charge in [0.25, 0.3) is 0 Å². The van der Waals surface area contributed by atoms with Gasteiger partial charge in [-0.25, -0.2) is 13.1 Å². The maximum absolute atomic E-state index is 11.9. The number of hydrogen-bond donors (Lipinski definition) is 2. The Morgan fingerprint density at radius 1 is 1.32 bits per heavy atom. The van der Waals surface area contributed by atoms with Crippen molar-refractivity contribution in [3.05, 3.63) is 22.7 Å². The zero-order valence-corrected chi connectivity index (χ0v) is 13.0. The van der Waals surface area contributed by atoms with Gasteiger partial charge in [0.05, 0.1) is 24.7 Å². The van der Waals surface area contributed by atoms with E-state index in [0.717, 1.165) is 0 Å². The molecule has 0 aliphatic rings. The Morgan fingerprint density at radius 2 is 2.05 bits per heavy atom. The molecule has 0 bridgehead atoms. The second kappa shape index (κ2) is 7.81. The highest BCUT2D eigenvalue weighted by atomic mass is 79.9. The topological polar surface area (TPSA) is 90.6 Å². The maximum atomic E-state index is 11.9. The molecule has 8 heteroatoms. The van der Waals surface area contributed by atoms with Gasteiger partial charge in [0.2, 0.25) is 10.0 Å². The van der Waals surface area contributed by atoms with Crippen LogP contribution in [0.1, 0.15) is 0 Å². The first kappa shape index (κ1) is 16.4. The standard InChI is InChI=1S/C11H17BrN2O4S/c1-17-6-7-18-5-4-14-19(15,16)9-2-3-10(12)11(13)8-9/h2-3,8,14H,4-7,13H2,1H3. The number of nitrogens with one attached hydrogen (secondary N) is 1. The van der Waals surface area contributed by atoms with Crippen molar-refractivity contribution in [1.82, 2.24) is 4.72 Å². The van der Waals surface area contributed by atoms with Crippen molar-refractivity contribution >= 4 is 31.6 Å². The molecule has 0 saturated heterocycles. The van der Waals surface area contributed by atoms with E-state index < -0.39 is 10.0 Å². The molecule has 1 aromatic carbocycles. The number of benzene rings is 1. The van der Waals surface area contributed by atoms with Crippen molar-refractivity contribution < 1.29 is 17.9 Å². The van der Waals surface area contributed by atoms with Crippen LogP contribution in [0.15, 0.2) is 27.6 Å². The SMILES string of the molecule is COCCOCCNS(=O)(=O)c1ccc(Br)c(N)c1. The van der Waals surface area contributed by atoms with Gasteiger partial charge in [0.1, 0.15) is 0 Å². The van der Waals surface area contributed by atoms with Crippen LogP contribution in [0.2, 0.25) is 0 Å². The Kier molecular flexibility index (Phi) is 6.73. The molecule has 1 rings (SSSR count). The Bertz CT molecular complexity index is 507. The average Bonchev–Trinajstić information content (AvgIpc) is 2.36. The summed E-state index contributed by atoms with van der Waals surface area (Å²) in [6.45, 7) is 1.40. The summed E-state index contributed by atoms with van der Waals surface area (Å²) in [5, 5.41) is 0. The van der Waals surface area contributed by atoms with Crippen molar-refractivity contribution in [2.75, 3.05) is 39.2 Å². The largest absolute Gasteiger partial charge is 0.398 e. The first-order valence-electron chi connectivity index (χ1n) is 5.59. The molecule has 0 radical (unpaired) electrons. The zero-order chi connectivity index (χ0) is 14.3. The van der Waals surface area contributed by atoms with Crippen molar-refractivity contribution in [2.45, 2.75) is 4.90 Å². The van der Waals surface area contributed by atoms with Gasteiger partial charge in [-0.15, -0.1) is 0 Å². The van der Waals surface area contributed by atoms with Gasteiger partial charge in [-0.2, -0.15) is 0 Å². The molecule has 0 unspecified atom stereocenters. The van der Waals surface area contributed by atoms with E-state index in [2.05, 4.69) is 20.7 Å². The number of methoxy groups -OCH3 is 1. The molecule has 6 nitrogen and oxygen atoms in total. The number of nitrogens with two attached hydrogens (primary N) is 1. The fourth-order valence-corrected chi connectivity index (χ4v) is 2.56. The van der Waals surface area contributed by atoms with Gasteiger partial charge in [-0.3, -0.25) is 0 Å². The van der Waals surface area contributed by atoms with Gasteiger partial charge in [-0.05, 0) is 34.1 Å². The summed E-state index contributed by atoms with van der Waals surface area (Å²) < 4.78 is 36.9. The molecule has 0 aliphatic heterocycles. The summed E-state index contributed by atoms with van der Waals surface area (Å²) in [5.74, 6) is 0. The van der Waals surface area contributed by atoms with E-state index in [4.69, 9.17) is 15.2 Å². The number of ether oxygens (including phenoxy) is 2. The van der Waals surface area contributed by atoms with Gasteiger partial charge in [0, 0.05) is 23.8 Å². The highest BCUT2D eigenvalue weighted by Gasteiger charge is 2.14. The lowest BCUT2D eigenvalue weighted by Gasteiger charge is -2.08. The summed E-state index contributed by atoms with van der Waals surface area (Å²) in [7, 11) is -1.98. The van der Waals surface area contributed by atoms with Gasteiger partial charge >= 0.3 is 0 Å².